The second-order valence-corrected chi connectivity index (χ2v) is 5.13. The number of hydrogen-bond donors (Lipinski definition) is 1. The number of amidine groups is 1. The zero-order valence-electron chi connectivity index (χ0n) is 7.40. The first-order valence-corrected chi connectivity index (χ1v) is 5.84. The Kier molecular flexibility index (Phi) is 2.10. The minimum atomic E-state index is -2.85. The molecular formula is C8H8ClN3OS. The van der Waals surface area contributed by atoms with Crippen molar-refractivity contribution in [3.63, 3.8) is 0 Å². The highest BCUT2D eigenvalue weighted by molar-refractivity contribution is 7.92. The number of nitrogens with two attached hydrogens (primary N) is 1. The normalized spacial score (nSPS) is 24.9. The lowest BCUT2D eigenvalue weighted by Crippen LogP contribution is -2.22. The van der Waals surface area contributed by atoms with Crippen LogP contribution in [0.2, 0.25) is 5.02 Å². The highest BCUT2D eigenvalue weighted by Gasteiger charge is 2.07. The summed E-state index contributed by atoms with van der Waals surface area (Å²) in [6.07, 6.45) is 0. The van der Waals surface area contributed by atoms with Gasteiger partial charge in [-0.1, -0.05) is 11.6 Å². The summed E-state index contributed by atoms with van der Waals surface area (Å²) in [5.74, 6) is 0.423. The SMILES string of the molecule is CC1=NS(N)(=O)=c2cc(Cl)ccc2=N1. The fourth-order valence-corrected chi connectivity index (χ4v) is 2.73. The Labute approximate surface area is 86.4 Å². The quantitative estimate of drug-likeness (QED) is 0.655. The van der Waals surface area contributed by atoms with Crippen LogP contribution in [0.4, 0.5) is 0 Å². The van der Waals surface area contributed by atoms with E-state index in [4.69, 9.17) is 16.7 Å². The van der Waals surface area contributed by atoms with E-state index < -0.39 is 9.89 Å². The average molecular weight is 230 g/mol. The summed E-state index contributed by atoms with van der Waals surface area (Å²) in [6.45, 7) is 1.66. The zero-order chi connectivity index (χ0) is 10.3. The Bertz CT molecular complexity index is 628. The number of halogens is 1. The highest BCUT2D eigenvalue weighted by Crippen LogP contribution is 2.07. The number of benzene rings is 1. The summed E-state index contributed by atoms with van der Waals surface area (Å²) < 4.78 is 16.1. The van der Waals surface area contributed by atoms with Crippen molar-refractivity contribution in [1.82, 2.24) is 0 Å². The molecule has 0 amide bonds. The van der Waals surface area contributed by atoms with Crippen LogP contribution in [0.15, 0.2) is 27.6 Å². The van der Waals surface area contributed by atoms with Gasteiger partial charge in [-0.05, 0) is 25.1 Å². The molecule has 0 aliphatic carbocycles. The third-order valence-electron chi connectivity index (χ3n) is 1.79. The zero-order valence-corrected chi connectivity index (χ0v) is 8.97. The second kappa shape index (κ2) is 3.05. The standard InChI is InChI=1S/C8H8ClN3OS/c1-5-11-7-3-2-6(9)4-8(7)14(10,13)12-5/h2-4H,1H3,(H2,10,11,12,13). The van der Waals surface area contributed by atoms with Crippen LogP contribution in [-0.4, -0.2) is 10.0 Å². The largest absolute Gasteiger partial charge is 0.241 e. The molecule has 6 heteroatoms. The Balaban J connectivity index is 3.10. The third kappa shape index (κ3) is 1.54. The van der Waals surface area contributed by atoms with E-state index in [0.717, 1.165) is 0 Å². The van der Waals surface area contributed by atoms with Crippen LogP contribution in [0.1, 0.15) is 6.92 Å². The first-order valence-electron chi connectivity index (χ1n) is 3.89. The number of fused-ring (bicyclic) bond motifs is 1. The number of rotatable bonds is 0. The molecule has 0 fully saturated rings. The molecule has 1 aromatic carbocycles. The van der Waals surface area contributed by atoms with E-state index in [1.165, 1.54) is 0 Å². The molecule has 2 rings (SSSR count). The predicted molar refractivity (Wildman–Crippen MR) is 56.9 cm³/mol. The van der Waals surface area contributed by atoms with Gasteiger partial charge in [-0.2, -0.15) is 4.40 Å². The summed E-state index contributed by atoms with van der Waals surface area (Å²) in [6, 6.07) is 4.90. The lowest BCUT2D eigenvalue weighted by Gasteiger charge is -2.04. The van der Waals surface area contributed by atoms with Crippen molar-refractivity contribution in [3.8, 4) is 0 Å². The minimum absolute atomic E-state index is 0.399. The fraction of sp³-hybridized carbons (Fsp3) is 0.125. The molecule has 4 nitrogen and oxygen atoms in total. The molecule has 2 N–H and O–H groups in total. The molecule has 0 spiro atoms. The molecular weight excluding hydrogens is 222 g/mol. The molecule has 1 aliphatic heterocycles. The van der Waals surface area contributed by atoms with Gasteiger partial charge >= 0.3 is 0 Å². The molecule has 1 aromatic rings. The topological polar surface area (TPSA) is 67.8 Å². The van der Waals surface area contributed by atoms with Gasteiger partial charge in [0.05, 0.1) is 9.87 Å². The molecule has 0 saturated carbocycles. The van der Waals surface area contributed by atoms with E-state index in [-0.39, 0.29) is 0 Å². The monoisotopic (exact) mass is 229 g/mol. The van der Waals surface area contributed by atoms with Crippen LogP contribution in [0.3, 0.4) is 0 Å². The van der Waals surface area contributed by atoms with Crippen LogP contribution >= 0.6 is 11.6 Å². The van der Waals surface area contributed by atoms with Crippen molar-refractivity contribution in [2.45, 2.75) is 6.92 Å². The second-order valence-electron chi connectivity index (χ2n) is 2.93. The molecule has 0 aromatic heterocycles. The van der Waals surface area contributed by atoms with E-state index in [1.807, 2.05) is 0 Å². The lowest BCUT2D eigenvalue weighted by atomic mass is 10.3. The predicted octanol–water partition coefficient (Wildman–Crippen LogP) is 0.716. The van der Waals surface area contributed by atoms with Crippen LogP contribution in [0.5, 0.6) is 0 Å². The number of hydrogen-bond acceptors (Lipinski definition) is 2. The molecule has 0 saturated heterocycles. The van der Waals surface area contributed by atoms with E-state index in [1.54, 1.807) is 25.1 Å². The Morgan fingerprint density at radius 2 is 2.21 bits per heavy atom. The smallest absolute Gasteiger partial charge is 0.142 e. The maximum atomic E-state index is 11.9. The molecule has 1 unspecified atom stereocenters. The van der Waals surface area contributed by atoms with Gasteiger partial charge in [-0.15, -0.1) is 0 Å². The summed E-state index contributed by atoms with van der Waals surface area (Å²) >= 11 is 5.77. The van der Waals surface area contributed by atoms with Crippen LogP contribution < -0.4 is 10.5 Å². The van der Waals surface area contributed by atoms with Gasteiger partial charge in [0.2, 0.25) is 0 Å². The summed E-state index contributed by atoms with van der Waals surface area (Å²) in [5, 5.41) is 6.63. The Hall–Kier alpha value is -0.910. The molecule has 0 radical (unpaired) electrons. The molecule has 1 atom stereocenters. The maximum Gasteiger partial charge on any atom is 0.142 e. The van der Waals surface area contributed by atoms with Crippen molar-refractivity contribution in [2.75, 3.05) is 0 Å². The summed E-state index contributed by atoms with van der Waals surface area (Å²) in [7, 11) is -2.85. The van der Waals surface area contributed by atoms with Crippen molar-refractivity contribution in [2.24, 2.45) is 14.5 Å². The Morgan fingerprint density at radius 1 is 1.50 bits per heavy atom. The summed E-state index contributed by atoms with van der Waals surface area (Å²) in [4.78, 5) is 4.11. The summed E-state index contributed by atoms with van der Waals surface area (Å²) in [5.41, 5.74) is 0. The van der Waals surface area contributed by atoms with E-state index in [2.05, 4.69) is 9.39 Å². The van der Waals surface area contributed by atoms with Gasteiger partial charge in [0.25, 0.3) is 0 Å². The molecule has 0 bridgehead atoms. The Morgan fingerprint density at radius 3 is 2.93 bits per heavy atom. The van der Waals surface area contributed by atoms with Crippen LogP contribution in [0, 0.1) is 4.51 Å². The first kappa shape index (κ1) is 9.64. The van der Waals surface area contributed by atoms with E-state index in [9.17, 15) is 4.21 Å². The van der Waals surface area contributed by atoms with Crippen LogP contribution in [-0.2, 0) is 9.89 Å². The first-order chi connectivity index (χ1) is 6.49. The fourth-order valence-electron chi connectivity index (χ4n) is 1.25. The highest BCUT2D eigenvalue weighted by atomic mass is 35.5. The van der Waals surface area contributed by atoms with Crippen LogP contribution in [0.25, 0.3) is 0 Å². The third-order valence-corrected chi connectivity index (χ3v) is 3.51. The minimum Gasteiger partial charge on any atom is -0.241 e. The van der Waals surface area contributed by atoms with Crippen molar-refractivity contribution in [1.29, 1.82) is 0 Å². The van der Waals surface area contributed by atoms with Gasteiger partial charge in [0.15, 0.2) is 0 Å². The lowest BCUT2D eigenvalue weighted by molar-refractivity contribution is 0.681. The van der Waals surface area contributed by atoms with Gasteiger partial charge < -0.3 is 0 Å². The maximum absolute atomic E-state index is 11.9. The van der Waals surface area contributed by atoms with E-state index in [0.29, 0.717) is 20.7 Å². The molecule has 14 heavy (non-hydrogen) atoms. The number of nitrogens with zero attached hydrogens (tertiary/aromatic N) is 2. The van der Waals surface area contributed by atoms with Gasteiger partial charge in [0.1, 0.15) is 15.7 Å². The van der Waals surface area contributed by atoms with Crippen molar-refractivity contribution < 1.29 is 4.21 Å². The van der Waals surface area contributed by atoms with Gasteiger partial charge in [0, 0.05) is 5.02 Å². The van der Waals surface area contributed by atoms with Crippen molar-refractivity contribution >= 4 is 27.3 Å². The average Bonchev–Trinajstić information content (AvgIpc) is 2.05. The molecule has 1 heterocycles. The van der Waals surface area contributed by atoms with Gasteiger partial charge in [-0.3, -0.25) is 0 Å². The molecule has 1 aliphatic rings. The molecule has 74 valence electrons. The van der Waals surface area contributed by atoms with Gasteiger partial charge in [-0.25, -0.2) is 14.3 Å². The van der Waals surface area contributed by atoms with E-state index >= 15 is 0 Å². The van der Waals surface area contributed by atoms with Crippen molar-refractivity contribution in [3.05, 3.63) is 33.1 Å².